The Morgan fingerprint density at radius 3 is 2.50 bits per heavy atom. The van der Waals surface area contributed by atoms with Gasteiger partial charge in [-0.05, 0) is 37.1 Å². The van der Waals surface area contributed by atoms with E-state index >= 15 is 0 Å². The highest BCUT2D eigenvalue weighted by Crippen LogP contribution is 2.30. The molecule has 2 aromatic rings. The van der Waals surface area contributed by atoms with Crippen molar-refractivity contribution < 1.29 is 9.59 Å². The molecule has 1 unspecified atom stereocenters. The SMILES string of the molecule is Cc1ccc(C)c(N2CC(C(=O)N3CCN(c4ncccn4)CC3)CC2=O)c1. The molecule has 146 valence electrons. The van der Waals surface area contributed by atoms with E-state index in [-0.39, 0.29) is 24.2 Å². The molecule has 4 rings (SSSR count). The fourth-order valence-corrected chi connectivity index (χ4v) is 3.96. The van der Waals surface area contributed by atoms with Crippen LogP contribution in [-0.2, 0) is 9.59 Å². The number of amides is 2. The van der Waals surface area contributed by atoms with Crippen molar-refractivity contribution in [2.45, 2.75) is 20.3 Å². The van der Waals surface area contributed by atoms with Crippen molar-refractivity contribution in [1.29, 1.82) is 0 Å². The van der Waals surface area contributed by atoms with Gasteiger partial charge in [0.15, 0.2) is 0 Å². The summed E-state index contributed by atoms with van der Waals surface area (Å²) in [5.41, 5.74) is 3.09. The van der Waals surface area contributed by atoms with Gasteiger partial charge in [-0.2, -0.15) is 0 Å². The number of carbonyl (C=O) groups excluding carboxylic acids is 2. The van der Waals surface area contributed by atoms with Crippen LogP contribution in [-0.4, -0.2) is 59.4 Å². The number of aromatic nitrogens is 2. The second-order valence-electron chi connectivity index (χ2n) is 7.56. The molecule has 0 aliphatic carbocycles. The Labute approximate surface area is 165 Å². The standard InChI is InChI=1S/C21H25N5O2/c1-15-4-5-16(2)18(12-15)26-14-17(13-19(26)27)20(28)24-8-10-25(11-9-24)21-22-6-3-7-23-21/h3-7,12,17H,8-11,13-14H2,1-2H3. The van der Waals surface area contributed by atoms with Gasteiger partial charge in [-0.1, -0.05) is 12.1 Å². The minimum atomic E-state index is -0.271. The minimum absolute atomic E-state index is 0.0309. The Morgan fingerprint density at radius 1 is 1.07 bits per heavy atom. The van der Waals surface area contributed by atoms with E-state index in [0.717, 1.165) is 16.8 Å². The molecule has 2 amide bonds. The van der Waals surface area contributed by atoms with Crippen LogP contribution in [0.1, 0.15) is 17.5 Å². The lowest BCUT2D eigenvalue weighted by Crippen LogP contribution is -2.51. The number of aryl methyl sites for hydroxylation is 2. The Kier molecular flexibility index (Phi) is 4.98. The molecule has 0 saturated carbocycles. The molecule has 1 aromatic carbocycles. The number of hydrogen-bond donors (Lipinski definition) is 0. The number of anilines is 2. The molecular formula is C21H25N5O2. The zero-order valence-electron chi connectivity index (χ0n) is 16.3. The molecule has 7 heteroatoms. The third-order valence-electron chi connectivity index (χ3n) is 5.56. The number of hydrogen-bond acceptors (Lipinski definition) is 5. The Balaban J connectivity index is 1.40. The van der Waals surface area contributed by atoms with Crippen molar-refractivity contribution in [3.63, 3.8) is 0 Å². The Hall–Kier alpha value is -2.96. The highest BCUT2D eigenvalue weighted by molar-refractivity contribution is 6.00. The van der Waals surface area contributed by atoms with Gasteiger partial charge in [0, 0.05) is 57.2 Å². The molecule has 2 aliphatic heterocycles. The summed E-state index contributed by atoms with van der Waals surface area (Å²) in [5.74, 6) is 0.539. The summed E-state index contributed by atoms with van der Waals surface area (Å²) in [6.07, 6.45) is 3.74. The molecule has 0 radical (unpaired) electrons. The zero-order valence-corrected chi connectivity index (χ0v) is 16.3. The average molecular weight is 379 g/mol. The van der Waals surface area contributed by atoms with Crippen LogP contribution >= 0.6 is 0 Å². The highest BCUT2D eigenvalue weighted by atomic mass is 16.2. The summed E-state index contributed by atoms with van der Waals surface area (Å²) in [4.78, 5) is 39.9. The first-order chi connectivity index (χ1) is 13.5. The summed E-state index contributed by atoms with van der Waals surface area (Å²) in [7, 11) is 0. The lowest BCUT2D eigenvalue weighted by molar-refractivity contribution is -0.136. The third kappa shape index (κ3) is 3.56. The van der Waals surface area contributed by atoms with Gasteiger partial charge < -0.3 is 14.7 Å². The molecule has 0 spiro atoms. The molecule has 0 N–H and O–H groups in total. The topological polar surface area (TPSA) is 69.6 Å². The lowest BCUT2D eigenvalue weighted by atomic mass is 10.1. The Morgan fingerprint density at radius 2 is 1.79 bits per heavy atom. The molecule has 1 atom stereocenters. The number of carbonyl (C=O) groups is 2. The fourth-order valence-electron chi connectivity index (χ4n) is 3.96. The van der Waals surface area contributed by atoms with Crippen molar-refractivity contribution in [3.8, 4) is 0 Å². The van der Waals surface area contributed by atoms with Crippen LogP contribution in [0, 0.1) is 19.8 Å². The molecule has 28 heavy (non-hydrogen) atoms. The number of nitrogens with zero attached hydrogens (tertiary/aromatic N) is 5. The molecule has 2 fully saturated rings. The predicted molar refractivity (Wildman–Crippen MR) is 107 cm³/mol. The minimum Gasteiger partial charge on any atom is -0.339 e. The summed E-state index contributed by atoms with van der Waals surface area (Å²) >= 11 is 0. The van der Waals surface area contributed by atoms with Crippen LogP contribution < -0.4 is 9.80 Å². The van der Waals surface area contributed by atoms with Crippen molar-refractivity contribution in [2.24, 2.45) is 5.92 Å². The van der Waals surface area contributed by atoms with E-state index < -0.39 is 0 Å². The molecule has 0 bridgehead atoms. The number of rotatable bonds is 3. The molecule has 7 nitrogen and oxygen atoms in total. The van der Waals surface area contributed by atoms with E-state index in [1.54, 1.807) is 23.4 Å². The second-order valence-corrected chi connectivity index (χ2v) is 7.56. The van der Waals surface area contributed by atoms with Gasteiger partial charge in [0.05, 0.1) is 5.92 Å². The average Bonchev–Trinajstić information content (AvgIpc) is 3.11. The van der Waals surface area contributed by atoms with Crippen molar-refractivity contribution in [3.05, 3.63) is 47.8 Å². The first kappa shape index (κ1) is 18.4. The van der Waals surface area contributed by atoms with Gasteiger partial charge >= 0.3 is 0 Å². The first-order valence-corrected chi connectivity index (χ1v) is 9.71. The normalized spacial score (nSPS) is 20.0. The molecule has 2 saturated heterocycles. The summed E-state index contributed by atoms with van der Waals surface area (Å²) in [6, 6.07) is 7.89. The van der Waals surface area contributed by atoms with E-state index in [0.29, 0.717) is 38.7 Å². The summed E-state index contributed by atoms with van der Waals surface area (Å²) in [6.45, 7) is 7.15. The van der Waals surface area contributed by atoms with Gasteiger partial charge in [-0.15, -0.1) is 0 Å². The van der Waals surface area contributed by atoms with Gasteiger partial charge in [0.25, 0.3) is 0 Å². The molecular weight excluding hydrogens is 354 g/mol. The zero-order chi connectivity index (χ0) is 19.7. The van der Waals surface area contributed by atoms with E-state index in [1.807, 2.05) is 36.9 Å². The quantitative estimate of drug-likeness (QED) is 0.813. The smallest absolute Gasteiger partial charge is 0.228 e. The summed E-state index contributed by atoms with van der Waals surface area (Å²) in [5, 5.41) is 0. The van der Waals surface area contributed by atoms with Gasteiger partial charge in [-0.25, -0.2) is 9.97 Å². The lowest BCUT2D eigenvalue weighted by Gasteiger charge is -2.35. The maximum absolute atomic E-state index is 13.0. The highest BCUT2D eigenvalue weighted by Gasteiger charge is 2.38. The second kappa shape index (κ2) is 7.58. The molecule has 1 aromatic heterocycles. The van der Waals surface area contributed by atoms with E-state index in [4.69, 9.17) is 0 Å². The van der Waals surface area contributed by atoms with Crippen LogP contribution in [0.2, 0.25) is 0 Å². The van der Waals surface area contributed by atoms with Crippen LogP contribution in [0.3, 0.4) is 0 Å². The largest absolute Gasteiger partial charge is 0.339 e. The monoisotopic (exact) mass is 379 g/mol. The van der Waals surface area contributed by atoms with Crippen molar-refractivity contribution >= 4 is 23.5 Å². The van der Waals surface area contributed by atoms with E-state index in [2.05, 4.69) is 14.9 Å². The van der Waals surface area contributed by atoms with Crippen LogP contribution in [0.25, 0.3) is 0 Å². The summed E-state index contributed by atoms with van der Waals surface area (Å²) < 4.78 is 0. The van der Waals surface area contributed by atoms with Gasteiger partial charge in [-0.3, -0.25) is 9.59 Å². The van der Waals surface area contributed by atoms with Gasteiger partial charge in [0.1, 0.15) is 0 Å². The van der Waals surface area contributed by atoms with Crippen molar-refractivity contribution in [1.82, 2.24) is 14.9 Å². The molecule has 3 heterocycles. The molecule has 2 aliphatic rings. The van der Waals surface area contributed by atoms with Crippen molar-refractivity contribution in [2.75, 3.05) is 42.5 Å². The number of piperazine rings is 1. The van der Waals surface area contributed by atoms with Crippen LogP contribution in [0.4, 0.5) is 11.6 Å². The van der Waals surface area contributed by atoms with E-state index in [1.165, 1.54) is 0 Å². The number of benzene rings is 1. The van der Waals surface area contributed by atoms with E-state index in [9.17, 15) is 9.59 Å². The Bertz CT molecular complexity index is 878. The maximum Gasteiger partial charge on any atom is 0.228 e. The predicted octanol–water partition coefficient (Wildman–Crippen LogP) is 1.80. The maximum atomic E-state index is 13.0. The van der Waals surface area contributed by atoms with Crippen LogP contribution in [0.5, 0.6) is 0 Å². The third-order valence-corrected chi connectivity index (χ3v) is 5.56. The first-order valence-electron chi connectivity index (χ1n) is 9.71. The van der Waals surface area contributed by atoms with Gasteiger partial charge in [0.2, 0.25) is 17.8 Å². The van der Waals surface area contributed by atoms with Crippen LogP contribution in [0.15, 0.2) is 36.7 Å². The fraction of sp³-hybridized carbons (Fsp3) is 0.429.